The summed E-state index contributed by atoms with van der Waals surface area (Å²) in [6, 6.07) is 7.61. The van der Waals surface area contributed by atoms with E-state index in [0.717, 1.165) is 16.4 Å². The molecular formula is C22H27N5O5S. The van der Waals surface area contributed by atoms with Crippen molar-refractivity contribution in [3.63, 3.8) is 0 Å². The molecule has 1 saturated heterocycles. The van der Waals surface area contributed by atoms with Gasteiger partial charge in [0.05, 0.1) is 55.1 Å². The Labute approximate surface area is 192 Å². The van der Waals surface area contributed by atoms with E-state index in [-0.39, 0.29) is 23.5 Å². The predicted molar refractivity (Wildman–Crippen MR) is 124 cm³/mol. The molecule has 10 nitrogen and oxygen atoms in total. The van der Waals surface area contributed by atoms with Crippen LogP contribution in [-0.2, 0) is 21.2 Å². The Morgan fingerprint density at radius 3 is 2.52 bits per heavy atom. The third kappa shape index (κ3) is 4.93. The van der Waals surface area contributed by atoms with Gasteiger partial charge in [-0.05, 0) is 30.5 Å². The molecular weight excluding hydrogens is 446 g/mol. The lowest BCUT2D eigenvalue weighted by molar-refractivity contribution is -0.0756. The van der Waals surface area contributed by atoms with E-state index in [4.69, 9.17) is 9.57 Å². The fourth-order valence-corrected chi connectivity index (χ4v) is 5.35. The molecule has 1 aliphatic rings. The molecule has 3 heterocycles. The van der Waals surface area contributed by atoms with Gasteiger partial charge in [-0.25, -0.2) is 23.1 Å². The first kappa shape index (κ1) is 23.0. The Kier molecular flexibility index (Phi) is 6.52. The van der Waals surface area contributed by atoms with Gasteiger partial charge in [0.25, 0.3) is 5.91 Å². The van der Waals surface area contributed by atoms with Crippen LogP contribution in [0.15, 0.2) is 36.7 Å². The Morgan fingerprint density at radius 2 is 1.88 bits per heavy atom. The number of hydrogen-bond acceptors (Lipinski definition) is 8. The molecule has 1 aliphatic heterocycles. The Morgan fingerprint density at radius 1 is 1.18 bits per heavy atom. The van der Waals surface area contributed by atoms with Gasteiger partial charge in [-0.2, -0.15) is 5.10 Å². The number of methoxy groups -OCH3 is 1. The second kappa shape index (κ2) is 9.36. The molecule has 176 valence electrons. The number of anilines is 1. The minimum atomic E-state index is -3.00. The number of amides is 1. The lowest BCUT2D eigenvalue weighted by atomic mass is 10.1. The van der Waals surface area contributed by atoms with Gasteiger partial charge >= 0.3 is 0 Å². The van der Waals surface area contributed by atoms with Gasteiger partial charge in [-0.1, -0.05) is 12.1 Å². The van der Waals surface area contributed by atoms with Crippen molar-refractivity contribution in [2.45, 2.75) is 25.4 Å². The zero-order chi connectivity index (χ0) is 23.6. The maximum Gasteiger partial charge on any atom is 0.280 e. The van der Waals surface area contributed by atoms with Gasteiger partial charge < -0.3 is 10.1 Å². The number of aromatic nitrogens is 3. The normalized spacial score (nSPS) is 16.0. The molecule has 1 aromatic carbocycles. The lowest BCUT2D eigenvalue weighted by Crippen LogP contribution is -2.33. The molecule has 11 heteroatoms. The van der Waals surface area contributed by atoms with Gasteiger partial charge in [0.1, 0.15) is 15.6 Å². The number of pyridine rings is 1. The van der Waals surface area contributed by atoms with E-state index in [1.165, 1.54) is 20.4 Å². The van der Waals surface area contributed by atoms with Crippen LogP contribution in [0.25, 0.3) is 11.0 Å². The second-order valence-electron chi connectivity index (χ2n) is 7.99. The summed E-state index contributed by atoms with van der Waals surface area (Å²) >= 11 is 0. The third-order valence-corrected chi connectivity index (χ3v) is 7.57. The van der Waals surface area contributed by atoms with Crippen LogP contribution in [-0.4, -0.2) is 73.0 Å². The standard InChI is InChI=1S/C22H27N5O5S/c1-26(32-3)22(28)19-12-23-21-18(20(19)25-16-8-10-33(29,30)11-9-16)13-24-27(21)14-15-4-6-17(31-2)7-5-15/h4-7,12-13,16H,8-11,14H2,1-3H3,(H,23,25). The van der Waals surface area contributed by atoms with E-state index < -0.39 is 9.84 Å². The summed E-state index contributed by atoms with van der Waals surface area (Å²) < 4.78 is 30.7. The number of hydroxylamine groups is 2. The van der Waals surface area contributed by atoms with E-state index in [1.54, 1.807) is 18.0 Å². The van der Waals surface area contributed by atoms with Crippen LogP contribution in [0.3, 0.4) is 0 Å². The number of hydrogen-bond donors (Lipinski definition) is 1. The molecule has 0 saturated carbocycles. The Balaban J connectivity index is 1.70. The number of carbonyl (C=O) groups is 1. The van der Waals surface area contributed by atoms with Crippen molar-refractivity contribution in [1.29, 1.82) is 0 Å². The third-order valence-electron chi connectivity index (χ3n) is 5.85. The number of nitrogens with zero attached hydrogens (tertiary/aromatic N) is 4. The van der Waals surface area contributed by atoms with Crippen molar-refractivity contribution in [2.75, 3.05) is 38.1 Å². The highest BCUT2D eigenvalue weighted by atomic mass is 32.2. The topological polar surface area (TPSA) is 116 Å². The predicted octanol–water partition coefficient (Wildman–Crippen LogP) is 2.11. The number of sulfone groups is 1. The van der Waals surface area contributed by atoms with Crippen molar-refractivity contribution in [1.82, 2.24) is 19.8 Å². The van der Waals surface area contributed by atoms with Crippen molar-refractivity contribution >= 4 is 32.5 Å². The maximum atomic E-state index is 12.9. The molecule has 0 radical (unpaired) electrons. The molecule has 0 aliphatic carbocycles. The second-order valence-corrected chi connectivity index (χ2v) is 10.3. The summed E-state index contributed by atoms with van der Waals surface area (Å²) in [6.07, 6.45) is 4.13. The van der Waals surface area contributed by atoms with E-state index in [0.29, 0.717) is 41.7 Å². The average molecular weight is 474 g/mol. The van der Waals surface area contributed by atoms with Gasteiger partial charge in [-0.15, -0.1) is 0 Å². The molecule has 4 rings (SSSR count). The summed E-state index contributed by atoms with van der Waals surface area (Å²) in [7, 11) is 1.56. The van der Waals surface area contributed by atoms with E-state index in [1.807, 2.05) is 24.3 Å². The summed E-state index contributed by atoms with van der Waals surface area (Å²) in [6.45, 7) is 0.493. The summed E-state index contributed by atoms with van der Waals surface area (Å²) in [5.41, 5.74) is 2.56. The molecule has 1 amide bonds. The van der Waals surface area contributed by atoms with Crippen molar-refractivity contribution in [3.05, 3.63) is 47.8 Å². The molecule has 3 aromatic rings. The molecule has 0 unspecified atom stereocenters. The number of ether oxygens (including phenoxy) is 1. The molecule has 0 atom stereocenters. The van der Waals surface area contributed by atoms with Crippen LogP contribution in [0.4, 0.5) is 5.69 Å². The minimum absolute atomic E-state index is 0.0801. The van der Waals surface area contributed by atoms with Crippen LogP contribution in [0.5, 0.6) is 5.75 Å². The fourth-order valence-electron chi connectivity index (χ4n) is 3.86. The van der Waals surface area contributed by atoms with Crippen LogP contribution < -0.4 is 10.1 Å². The van der Waals surface area contributed by atoms with Gasteiger partial charge in [0, 0.05) is 19.3 Å². The zero-order valence-corrected chi connectivity index (χ0v) is 19.6. The SMILES string of the molecule is COc1ccc(Cn2ncc3c(NC4CCS(=O)(=O)CC4)c(C(=O)N(C)OC)cnc32)cc1. The Bertz CT molecular complexity index is 1240. The quantitative estimate of drug-likeness (QED) is 0.519. The van der Waals surface area contributed by atoms with Crippen LogP contribution in [0, 0.1) is 0 Å². The smallest absolute Gasteiger partial charge is 0.280 e. The highest BCUT2D eigenvalue weighted by molar-refractivity contribution is 7.91. The largest absolute Gasteiger partial charge is 0.497 e. The van der Waals surface area contributed by atoms with Gasteiger partial charge in [0.2, 0.25) is 0 Å². The number of fused-ring (bicyclic) bond motifs is 1. The zero-order valence-electron chi connectivity index (χ0n) is 18.8. The molecule has 0 bridgehead atoms. The molecule has 2 aromatic heterocycles. The molecule has 33 heavy (non-hydrogen) atoms. The van der Waals surface area contributed by atoms with Crippen molar-refractivity contribution in [2.24, 2.45) is 0 Å². The average Bonchev–Trinajstić information content (AvgIpc) is 3.23. The highest BCUT2D eigenvalue weighted by Crippen LogP contribution is 2.30. The Hall–Kier alpha value is -3.18. The lowest BCUT2D eigenvalue weighted by Gasteiger charge is -2.26. The van der Waals surface area contributed by atoms with E-state index in [9.17, 15) is 13.2 Å². The first-order chi connectivity index (χ1) is 15.8. The number of nitrogens with one attached hydrogen (secondary N) is 1. The highest BCUT2D eigenvalue weighted by Gasteiger charge is 2.27. The summed E-state index contributed by atoms with van der Waals surface area (Å²) in [4.78, 5) is 22.5. The fraction of sp³-hybridized carbons (Fsp3) is 0.409. The molecule has 1 fully saturated rings. The van der Waals surface area contributed by atoms with Crippen LogP contribution in [0.1, 0.15) is 28.8 Å². The van der Waals surface area contributed by atoms with E-state index in [2.05, 4.69) is 15.4 Å². The number of rotatable bonds is 7. The van der Waals surface area contributed by atoms with Gasteiger partial charge in [-0.3, -0.25) is 9.63 Å². The number of benzene rings is 1. The van der Waals surface area contributed by atoms with Gasteiger partial charge in [0.15, 0.2) is 5.65 Å². The van der Waals surface area contributed by atoms with E-state index >= 15 is 0 Å². The summed E-state index contributed by atoms with van der Waals surface area (Å²) in [5, 5.41) is 9.72. The van der Waals surface area contributed by atoms with Crippen LogP contribution >= 0.6 is 0 Å². The summed E-state index contributed by atoms with van der Waals surface area (Å²) in [5.74, 6) is 0.655. The van der Waals surface area contributed by atoms with Crippen molar-refractivity contribution in [3.8, 4) is 5.75 Å². The first-order valence-electron chi connectivity index (χ1n) is 10.6. The minimum Gasteiger partial charge on any atom is -0.497 e. The number of carbonyl (C=O) groups excluding carboxylic acids is 1. The van der Waals surface area contributed by atoms with Crippen LogP contribution in [0.2, 0.25) is 0 Å². The van der Waals surface area contributed by atoms with Crippen molar-refractivity contribution < 1.29 is 22.8 Å². The molecule has 0 spiro atoms. The molecule has 1 N–H and O–H groups in total. The monoisotopic (exact) mass is 473 g/mol. The first-order valence-corrected chi connectivity index (χ1v) is 12.4. The maximum absolute atomic E-state index is 12.9.